The van der Waals surface area contributed by atoms with E-state index >= 15 is 0 Å². The third kappa shape index (κ3) is 5.20. The minimum absolute atomic E-state index is 0.126. The maximum absolute atomic E-state index is 12.4. The minimum Gasteiger partial charge on any atom is -0.465 e. The number of carbonyl (C=O) groups excluding carboxylic acids is 2. The number of thioether (sulfide) groups is 1. The number of amides is 1. The average molecular weight is 427 g/mol. The molecule has 1 aliphatic rings. The molecule has 10 heteroatoms. The molecule has 0 unspecified atom stereocenters. The number of fused-ring (bicyclic) bond motifs is 1. The van der Waals surface area contributed by atoms with Crippen LogP contribution in [0.1, 0.15) is 52.9 Å². The number of nitrogens with one attached hydrogen (secondary N) is 1. The summed E-state index contributed by atoms with van der Waals surface area (Å²) in [4.78, 5) is 25.9. The molecule has 0 saturated carbocycles. The molecule has 3 N–H and O–H groups in total. The van der Waals surface area contributed by atoms with E-state index in [1.54, 1.807) is 0 Å². The van der Waals surface area contributed by atoms with Gasteiger partial charge in [0.25, 0.3) is 0 Å². The van der Waals surface area contributed by atoms with Crippen molar-refractivity contribution in [1.29, 1.82) is 0 Å². The first-order valence-electron chi connectivity index (χ1n) is 8.83. The van der Waals surface area contributed by atoms with Crippen LogP contribution in [0.15, 0.2) is 4.34 Å². The smallest absolute Gasteiger partial charge is 0.341 e. The molecule has 1 amide bonds. The molecule has 0 bridgehead atoms. The summed E-state index contributed by atoms with van der Waals surface area (Å²) in [5.74, 6) is 0.0699. The summed E-state index contributed by atoms with van der Waals surface area (Å²) >= 11 is 4.26. The molecule has 0 radical (unpaired) electrons. The summed E-state index contributed by atoms with van der Waals surface area (Å²) in [6.45, 7) is 0. The van der Waals surface area contributed by atoms with Crippen molar-refractivity contribution in [2.45, 2.75) is 49.3 Å². The Morgan fingerprint density at radius 3 is 2.67 bits per heavy atom. The molecular weight excluding hydrogens is 404 g/mol. The van der Waals surface area contributed by atoms with Crippen molar-refractivity contribution in [2.24, 2.45) is 0 Å². The largest absolute Gasteiger partial charge is 0.465 e. The molecule has 0 aromatic carbocycles. The van der Waals surface area contributed by atoms with Crippen molar-refractivity contribution in [2.75, 3.05) is 23.9 Å². The summed E-state index contributed by atoms with van der Waals surface area (Å²) in [5.41, 5.74) is 7.15. The number of carbonyl (C=O) groups is 2. The molecule has 7 nitrogen and oxygen atoms in total. The van der Waals surface area contributed by atoms with Crippen molar-refractivity contribution in [3.05, 3.63) is 16.0 Å². The van der Waals surface area contributed by atoms with Crippen LogP contribution >= 0.6 is 34.4 Å². The molecule has 1 aliphatic carbocycles. The molecule has 0 aliphatic heterocycles. The second kappa shape index (κ2) is 9.52. The normalized spacial score (nSPS) is 14.1. The average Bonchev–Trinajstić information content (AvgIpc) is 3.17. The number of esters is 1. The fourth-order valence-corrected chi connectivity index (χ4v) is 5.96. The van der Waals surface area contributed by atoms with Crippen LogP contribution in [-0.4, -0.2) is 34.9 Å². The Kier molecular flexibility index (Phi) is 7.08. The zero-order valence-corrected chi connectivity index (χ0v) is 17.5. The highest BCUT2D eigenvalue weighted by molar-refractivity contribution is 8.01. The van der Waals surface area contributed by atoms with Gasteiger partial charge in [0.2, 0.25) is 11.0 Å². The van der Waals surface area contributed by atoms with Gasteiger partial charge in [-0.2, -0.15) is 0 Å². The van der Waals surface area contributed by atoms with Gasteiger partial charge in [-0.15, -0.1) is 21.5 Å². The standard InChI is InChI=1S/C17H22N4O3S3/c1-24-15(23)13-10-6-4-2-3-5-7-11(10)26-14(13)19-12(22)8-9-25-17-21-20-16(18)27-17/h2-9H2,1H3,(H2,18,20)(H,19,22). The number of aryl methyl sites for hydroxylation is 1. The van der Waals surface area contributed by atoms with E-state index in [-0.39, 0.29) is 11.9 Å². The number of nitrogen functional groups attached to an aromatic ring is 1. The molecule has 0 fully saturated rings. The van der Waals surface area contributed by atoms with E-state index in [0.717, 1.165) is 35.6 Å². The molecule has 3 rings (SSSR count). The maximum Gasteiger partial charge on any atom is 0.341 e. The van der Waals surface area contributed by atoms with E-state index in [9.17, 15) is 9.59 Å². The van der Waals surface area contributed by atoms with Crippen molar-refractivity contribution >= 4 is 56.4 Å². The van der Waals surface area contributed by atoms with Crippen LogP contribution in [0.2, 0.25) is 0 Å². The molecule has 2 aromatic heterocycles. The summed E-state index contributed by atoms with van der Waals surface area (Å²) < 4.78 is 5.73. The van der Waals surface area contributed by atoms with E-state index in [4.69, 9.17) is 10.5 Å². The lowest BCUT2D eigenvalue weighted by Gasteiger charge is -2.11. The van der Waals surface area contributed by atoms with Crippen LogP contribution in [-0.2, 0) is 22.4 Å². The van der Waals surface area contributed by atoms with Gasteiger partial charge in [0.15, 0.2) is 4.34 Å². The Balaban J connectivity index is 1.68. The zero-order chi connectivity index (χ0) is 19.2. The van der Waals surface area contributed by atoms with Crippen molar-refractivity contribution in [3.8, 4) is 0 Å². The third-order valence-electron chi connectivity index (χ3n) is 4.29. The van der Waals surface area contributed by atoms with Crippen molar-refractivity contribution in [3.63, 3.8) is 0 Å². The molecule has 0 saturated heterocycles. The summed E-state index contributed by atoms with van der Waals surface area (Å²) in [6, 6.07) is 0. The van der Waals surface area contributed by atoms with Gasteiger partial charge in [0, 0.05) is 17.1 Å². The number of rotatable bonds is 6. The molecule has 27 heavy (non-hydrogen) atoms. The SMILES string of the molecule is COC(=O)c1c(NC(=O)CCSc2nnc(N)s2)sc2c1CCCCCC2. The Morgan fingerprint density at radius 2 is 1.96 bits per heavy atom. The van der Waals surface area contributed by atoms with E-state index in [1.165, 1.54) is 59.3 Å². The predicted molar refractivity (Wildman–Crippen MR) is 110 cm³/mol. The van der Waals surface area contributed by atoms with Gasteiger partial charge in [0.1, 0.15) is 5.00 Å². The Morgan fingerprint density at radius 1 is 1.19 bits per heavy atom. The van der Waals surface area contributed by atoms with Crippen LogP contribution in [0.5, 0.6) is 0 Å². The zero-order valence-electron chi connectivity index (χ0n) is 15.1. The third-order valence-corrected chi connectivity index (χ3v) is 7.39. The lowest BCUT2D eigenvalue weighted by Crippen LogP contribution is -2.15. The Bertz CT molecular complexity index is 818. The van der Waals surface area contributed by atoms with Gasteiger partial charge in [-0.05, 0) is 31.2 Å². The lowest BCUT2D eigenvalue weighted by molar-refractivity contribution is -0.115. The Hall–Kier alpha value is -1.65. The number of anilines is 2. The Labute approximate surface area is 170 Å². The second-order valence-corrected chi connectivity index (χ2v) is 9.62. The van der Waals surface area contributed by atoms with E-state index in [1.807, 2.05) is 0 Å². The number of nitrogens with zero attached hydrogens (tertiary/aromatic N) is 2. The van der Waals surface area contributed by atoms with E-state index in [2.05, 4.69) is 15.5 Å². The van der Waals surface area contributed by atoms with Gasteiger partial charge in [-0.3, -0.25) is 4.79 Å². The minimum atomic E-state index is -0.373. The van der Waals surface area contributed by atoms with Gasteiger partial charge >= 0.3 is 5.97 Å². The summed E-state index contributed by atoms with van der Waals surface area (Å²) in [7, 11) is 1.38. The first kappa shape index (κ1) is 20.1. The van der Waals surface area contributed by atoms with Gasteiger partial charge in [-0.25, -0.2) is 4.79 Å². The number of nitrogens with two attached hydrogens (primary N) is 1. The fraction of sp³-hybridized carbons (Fsp3) is 0.529. The number of methoxy groups -OCH3 is 1. The molecule has 146 valence electrons. The first-order chi connectivity index (χ1) is 13.1. The van der Waals surface area contributed by atoms with Gasteiger partial charge in [0.05, 0.1) is 12.7 Å². The maximum atomic E-state index is 12.4. The highest BCUT2D eigenvalue weighted by Gasteiger charge is 2.25. The number of thiophene rings is 1. The van der Waals surface area contributed by atoms with E-state index in [0.29, 0.717) is 27.9 Å². The second-order valence-electron chi connectivity index (χ2n) is 6.17. The monoisotopic (exact) mass is 426 g/mol. The predicted octanol–water partition coefficient (Wildman–Crippen LogP) is 3.75. The van der Waals surface area contributed by atoms with Crippen LogP contribution in [0.4, 0.5) is 10.1 Å². The van der Waals surface area contributed by atoms with Crippen molar-refractivity contribution in [1.82, 2.24) is 10.2 Å². The van der Waals surface area contributed by atoms with Crippen LogP contribution in [0, 0.1) is 0 Å². The van der Waals surface area contributed by atoms with Crippen LogP contribution in [0.25, 0.3) is 0 Å². The highest BCUT2D eigenvalue weighted by Crippen LogP contribution is 2.37. The number of hydrogen-bond acceptors (Lipinski definition) is 9. The van der Waals surface area contributed by atoms with Gasteiger partial charge in [-0.1, -0.05) is 35.9 Å². The van der Waals surface area contributed by atoms with E-state index < -0.39 is 0 Å². The summed E-state index contributed by atoms with van der Waals surface area (Å²) in [5, 5.41) is 11.6. The van der Waals surface area contributed by atoms with Crippen LogP contribution in [0.3, 0.4) is 0 Å². The fourth-order valence-electron chi connectivity index (χ4n) is 3.02. The number of ether oxygens (including phenoxy) is 1. The molecule has 2 aromatic rings. The number of aromatic nitrogens is 2. The molecular formula is C17H22N4O3S3. The van der Waals surface area contributed by atoms with Gasteiger partial charge < -0.3 is 15.8 Å². The quantitative estimate of drug-likeness (QED) is 0.535. The first-order valence-corrected chi connectivity index (χ1v) is 11.4. The summed E-state index contributed by atoms with van der Waals surface area (Å²) in [6.07, 6.45) is 6.68. The molecule has 0 spiro atoms. The van der Waals surface area contributed by atoms with Crippen molar-refractivity contribution < 1.29 is 14.3 Å². The highest BCUT2D eigenvalue weighted by atomic mass is 32.2. The lowest BCUT2D eigenvalue weighted by atomic mass is 9.96. The molecule has 2 heterocycles. The van der Waals surface area contributed by atoms with Crippen LogP contribution < -0.4 is 11.1 Å². The topological polar surface area (TPSA) is 107 Å². The molecule has 0 atom stereocenters. The number of hydrogen-bond donors (Lipinski definition) is 2.